The lowest BCUT2D eigenvalue weighted by Crippen LogP contribution is -2.41. The summed E-state index contributed by atoms with van der Waals surface area (Å²) in [6.07, 6.45) is 1.73. The van der Waals surface area contributed by atoms with Crippen LogP contribution in [0, 0.1) is 20.8 Å². The summed E-state index contributed by atoms with van der Waals surface area (Å²) in [6, 6.07) is 18.1. The minimum atomic E-state index is -3.98. The van der Waals surface area contributed by atoms with Crippen LogP contribution in [0.1, 0.15) is 34.7 Å². The number of ether oxygens (including phenoxy) is 1. The molecule has 0 heterocycles. The van der Waals surface area contributed by atoms with Crippen molar-refractivity contribution in [3.05, 3.63) is 88.5 Å². The zero-order valence-corrected chi connectivity index (χ0v) is 22.4. The van der Waals surface area contributed by atoms with E-state index < -0.39 is 22.5 Å². The fourth-order valence-corrected chi connectivity index (χ4v) is 5.98. The predicted octanol–water partition coefficient (Wildman–Crippen LogP) is 4.10. The van der Waals surface area contributed by atoms with E-state index in [0.29, 0.717) is 35.5 Å². The Bertz CT molecular complexity index is 1350. The third kappa shape index (κ3) is 7.18. The number of carbonyl (C=O) groups excluding carboxylic acids is 1. The summed E-state index contributed by atoms with van der Waals surface area (Å²) < 4.78 is 34.0. The van der Waals surface area contributed by atoms with Gasteiger partial charge in [0, 0.05) is 12.1 Å². The maximum Gasteiger partial charge on any atom is 0.255 e. The van der Waals surface area contributed by atoms with Gasteiger partial charge in [-0.25, -0.2) is 13.8 Å². The van der Waals surface area contributed by atoms with E-state index in [0.717, 1.165) is 11.1 Å². The van der Waals surface area contributed by atoms with Crippen LogP contribution in [0.15, 0.2) is 70.7 Å². The molecule has 0 unspecified atom stereocenters. The summed E-state index contributed by atoms with van der Waals surface area (Å²) in [5.41, 5.74) is 5.91. The zero-order valence-electron chi connectivity index (χ0n) is 21.6. The zero-order chi connectivity index (χ0) is 27.0. The van der Waals surface area contributed by atoms with Crippen molar-refractivity contribution < 1.29 is 23.1 Å². The maximum atomic E-state index is 13.7. The highest BCUT2D eigenvalue weighted by Crippen LogP contribution is 2.28. The van der Waals surface area contributed by atoms with Crippen LogP contribution in [0.2, 0.25) is 0 Å². The minimum Gasteiger partial charge on any atom is -0.504 e. The molecule has 0 aliphatic rings. The number of amides is 1. The first kappa shape index (κ1) is 27.9. The Hall–Kier alpha value is -3.69. The Labute approximate surface area is 218 Å². The van der Waals surface area contributed by atoms with Crippen LogP contribution in [-0.4, -0.2) is 49.6 Å². The average molecular weight is 524 g/mol. The highest BCUT2D eigenvalue weighted by molar-refractivity contribution is 7.89. The van der Waals surface area contributed by atoms with E-state index in [1.807, 2.05) is 49.4 Å². The predicted molar refractivity (Wildman–Crippen MR) is 145 cm³/mol. The second-order valence-electron chi connectivity index (χ2n) is 8.72. The molecule has 0 fully saturated rings. The van der Waals surface area contributed by atoms with Crippen molar-refractivity contribution in [1.82, 2.24) is 9.73 Å². The summed E-state index contributed by atoms with van der Waals surface area (Å²) in [4.78, 5) is 13.0. The van der Waals surface area contributed by atoms with Crippen LogP contribution < -0.4 is 10.2 Å². The molecule has 8 nitrogen and oxygen atoms in total. The Morgan fingerprint density at radius 2 is 1.73 bits per heavy atom. The molecule has 0 spiro atoms. The van der Waals surface area contributed by atoms with Crippen LogP contribution in [0.3, 0.4) is 0 Å². The molecule has 196 valence electrons. The molecular weight excluding hydrogens is 490 g/mol. The van der Waals surface area contributed by atoms with E-state index in [2.05, 4.69) is 10.5 Å². The number of aryl methyl sites for hydroxylation is 3. The number of nitrogens with one attached hydrogen (secondary N) is 1. The molecule has 9 heteroatoms. The van der Waals surface area contributed by atoms with Crippen molar-refractivity contribution in [2.45, 2.75) is 39.0 Å². The molecule has 0 aliphatic carbocycles. The van der Waals surface area contributed by atoms with Crippen molar-refractivity contribution in [2.75, 3.05) is 19.7 Å². The van der Waals surface area contributed by atoms with Gasteiger partial charge in [0.2, 0.25) is 10.0 Å². The number of sulfonamides is 1. The van der Waals surface area contributed by atoms with Crippen molar-refractivity contribution in [3.63, 3.8) is 0 Å². The number of carbonyl (C=O) groups is 1. The lowest BCUT2D eigenvalue weighted by Gasteiger charge is -2.24. The average Bonchev–Trinajstić information content (AvgIpc) is 2.84. The van der Waals surface area contributed by atoms with Gasteiger partial charge in [-0.1, -0.05) is 54.1 Å². The van der Waals surface area contributed by atoms with E-state index in [1.165, 1.54) is 10.5 Å². The van der Waals surface area contributed by atoms with Gasteiger partial charge in [0.15, 0.2) is 11.5 Å². The van der Waals surface area contributed by atoms with Gasteiger partial charge >= 0.3 is 0 Å². The molecule has 0 bridgehead atoms. The van der Waals surface area contributed by atoms with E-state index in [-0.39, 0.29) is 17.2 Å². The molecule has 0 saturated carbocycles. The van der Waals surface area contributed by atoms with Gasteiger partial charge in [-0.3, -0.25) is 4.79 Å². The van der Waals surface area contributed by atoms with Gasteiger partial charge in [-0.15, -0.1) is 0 Å². The van der Waals surface area contributed by atoms with E-state index >= 15 is 0 Å². The number of para-hydroxylation sites is 1. The molecule has 37 heavy (non-hydrogen) atoms. The lowest BCUT2D eigenvalue weighted by atomic mass is 10.1. The van der Waals surface area contributed by atoms with Crippen LogP contribution in [0.4, 0.5) is 0 Å². The van der Waals surface area contributed by atoms with Gasteiger partial charge in [-0.2, -0.15) is 9.41 Å². The fraction of sp³-hybridized carbons (Fsp3) is 0.286. The van der Waals surface area contributed by atoms with Crippen LogP contribution in [-0.2, 0) is 21.2 Å². The van der Waals surface area contributed by atoms with E-state index in [9.17, 15) is 18.3 Å². The highest BCUT2D eigenvalue weighted by atomic mass is 32.2. The van der Waals surface area contributed by atoms with Crippen LogP contribution >= 0.6 is 0 Å². The quantitative estimate of drug-likeness (QED) is 0.291. The minimum absolute atomic E-state index is 0.0975. The summed E-state index contributed by atoms with van der Waals surface area (Å²) in [7, 11) is -3.98. The summed E-state index contributed by atoms with van der Waals surface area (Å²) >= 11 is 0. The van der Waals surface area contributed by atoms with Crippen molar-refractivity contribution in [1.29, 1.82) is 0 Å². The molecule has 0 aliphatic heterocycles. The number of hydrazone groups is 1. The summed E-state index contributed by atoms with van der Waals surface area (Å²) in [6.45, 7) is 7.33. The first-order valence-corrected chi connectivity index (χ1v) is 13.5. The molecule has 3 aromatic rings. The molecule has 3 rings (SSSR count). The Kier molecular flexibility index (Phi) is 9.43. The number of nitrogens with zero attached hydrogens (tertiary/aromatic N) is 2. The number of rotatable bonds is 11. The van der Waals surface area contributed by atoms with Crippen molar-refractivity contribution in [3.8, 4) is 11.5 Å². The second kappa shape index (κ2) is 12.5. The van der Waals surface area contributed by atoms with Gasteiger partial charge in [0.1, 0.15) is 0 Å². The second-order valence-corrected chi connectivity index (χ2v) is 10.6. The number of benzene rings is 3. The highest BCUT2D eigenvalue weighted by Gasteiger charge is 2.29. The van der Waals surface area contributed by atoms with Crippen molar-refractivity contribution >= 4 is 22.1 Å². The van der Waals surface area contributed by atoms with Gasteiger partial charge in [-0.05, 0) is 62.9 Å². The topological polar surface area (TPSA) is 108 Å². The first-order valence-electron chi connectivity index (χ1n) is 12.0. The fourth-order valence-electron chi connectivity index (χ4n) is 4.17. The Balaban J connectivity index is 1.81. The first-order chi connectivity index (χ1) is 17.6. The van der Waals surface area contributed by atoms with Crippen molar-refractivity contribution in [2.24, 2.45) is 5.10 Å². The largest absolute Gasteiger partial charge is 0.504 e. The molecular formula is C28H33N3O5S. The number of hydrogen-bond donors (Lipinski definition) is 2. The molecule has 0 radical (unpaired) electrons. The normalized spacial score (nSPS) is 11.7. The number of phenols is 1. The molecule has 0 aromatic heterocycles. The standard InChI is InChI=1S/C28H33N3O5S/c1-5-36-25-13-9-12-24(27(25)33)18-29-30-26(32)19-31(15-14-23-10-7-6-8-11-23)37(34,35)28-21(3)16-20(2)17-22(28)4/h6-13,16-18,33H,5,14-15,19H2,1-4H3,(H,30,32)/b29-18+. The molecule has 3 aromatic carbocycles. The Morgan fingerprint density at radius 1 is 1.05 bits per heavy atom. The Morgan fingerprint density at radius 3 is 2.38 bits per heavy atom. The molecule has 1 amide bonds. The number of phenolic OH excluding ortho intramolecular Hbond substituents is 1. The monoisotopic (exact) mass is 523 g/mol. The third-order valence-electron chi connectivity index (χ3n) is 5.74. The maximum absolute atomic E-state index is 13.7. The third-order valence-corrected chi connectivity index (χ3v) is 7.89. The van der Waals surface area contributed by atoms with Crippen LogP contribution in [0.25, 0.3) is 0 Å². The summed E-state index contributed by atoms with van der Waals surface area (Å²) in [5, 5.41) is 14.2. The number of hydrogen-bond acceptors (Lipinski definition) is 6. The van der Waals surface area contributed by atoms with E-state index in [1.54, 1.807) is 39.0 Å². The van der Waals surface area contributed by atoms with Gasteiger partial charge in [0.25, 0.3) is 5.91 Å². The smallest absolute Gasteiger partial charge is 0.255 e. The van der Waals surface area contributed by atoms with E-state index in [4.69, 9.17) is 4.74 Å². The number of aromatic hydroxyl groups is 1. The van der Waals surface area contributed by atoms with Crippen LogP contribution in [0.5, 0.6) is 11.5 Å². The lowest BCUT2D eigenvalue weighted by molar-refractivity contribution is -0.121. The summed E-state index contributed by atoms with van der Waals surface area (Å²) in [5.74, 6) is -0.393. The molecule has 2 N–H and O–H groups in total. The molecule has 0 saturated heterocycles. The SMILES string of the molecule is CCOc1cccc(/C=N/NC(=O)CN(CCc2ccccc2)S(=O)(=O)c2c(C)cc(C)cc2C)c1O. The van der Waals surface area contributed by atoms with Gasteiger partial charge < -0.3 is 9.84 Å². The van der Waals surface area contributed by atoms with Gasteiger partial charge in [0.05, 0.1) is 24.3 Å². The molecule has 0 atom stereocenters.